The quantitative estimate of drug-likeness (QED) is 0.519. The van der Waals surface area contributed by atoms with Crippen molar-refractivity contribution in [2.75, 3.05) is 20.3 Å². The van der Waals surface area contributed by atoms with Gasteiger partial charge in [-0.2, -0.15) is 0 Å². The van der Waals surface area contributed by atoms with Gasteiger partial charge in [-0.25, -0.2) is 4.79 Å². The Morgan fingerprint density at radius 1 is 1.00 bits per heavy atom. The molecular weight excluding hydrogens is 406 g/mol. The van der Waals surface area contributed by atoms with E-state index in [0.717, 1.165) is 35.6 Å². The lowest BCUT2D eigenvalue weighted by Crippen LogP contribution is -2.34. The summed E-state index contributed by atoms with van der Waals surface area (Å²) in [5, 5.41) is 3.30. The Labute approximate surface area is 187 Å². The zero-order valence-corrected chi connectivity index (χ0v) is 18.4. The number of carbonyl (C=O) groups is 2. The van der Waals surface area contributed by atoms with Crippen LogP contribution >= 0.6 is 0 Å². The second kappa shape index (κ2) is 9.73. The molecule has 6 heteroatoms. The predicted octanol–water partition coefficient (Wildman–Crippen LogP) is 4.29. The highest BCUT2D eigenvalue weighted by atomic mass is 16.6. The molecule has 0 spiro atoms. The molecule has 2 aromatic carbocycles. The third kappa shape index (κ3) is 4.54. The first kappa shape index (κ1) is 21.7. The van der Waals surface area contributed by atoms with Crippen LogP contribution in [0.25, 0.3) is 0 Å². The Bertz CT molecular complexity index is 1050. The molecule has 1 aliphatic carbocycles. The van der Waals surface area contributed by atoms with Gasteiger partial charge in [0.15, 0.2) is 5.78 Å². The van der Waals surface area contributed by atoms with Gasteiger partial charge in [-0.1, -0.05) is 30.3 Å². The normalized spacial score (nSPS) is 18.1. The van der Waals surface area contributed by atoms with Gasteiger partial charge >= 0.3 is 5.97 Å². The number of Topliss-reactive ketones (excluding diaryl/α,β-unsaturated/α-hetero) is 1. The van der Waals surface area contributed by atoms with E-state index in [2.05, 4.69) is 5.32 Å². The Morgan fingerprint density at radius 3 is 2.47 bits per heavy atom. The number of hydrogen-bond acceptors (Lipinski definition) is 6. The van der Waals surface area contributed by atoms with E-state index in [1.54, 1.807) is 7.11 Å². The van der Waals surface area contributed by atoms with Crippen molar-refractivity contribution in [1.82, 2.24) is 5.32 Å². The first-order valence-electron chi connectivity index (χ1n) is 10.8. The minimum Gasteiger partial charge on any atom is -0.497 e. The van der Waals surface area contributed by atoms with Crippen LogP contribution in [0.4, 0.5) is 0 Å². The van der Waals surface area contributed by atoms with Crippen molar-refractivity contribution in [3.05, 3.63) is 82.7 Å². The molecule has 0 aromatic heterocycles. The van der Waals surface area contributed by atoms with Gasteiger partial charge in [0.25, 0.3) is 0 Å². The van der Waals surface area contributed by atoms with Crippen molar-refractivity contribution in [3.8, 4) is 11.5 Å². The maximum absolute atomic E-state index is 13.2. The first-order chi connectivity index (χ1) is 15.6. The number of dihydropyridines is 1. The van der Waals surface area contributed by atoms with Crippen LogP contribution < -0.4 is 14.8 Å². The average Bonchev–Trinajstić information content (AvgIpc) is 2.82. The van der Waals surface area contributed by atoms with E-state index in [-0.39, 0.29) is 19.0 Å². The smallest absolute Gasteiger partial charge is 0.336 e. The second-order valence-corrected chi connectivity index (χ2v) is 7.84. The summed E-state index contributed by atoms with van der Waals surface area (Å²) in [5.41, 5.74) is 3.61. The van der Waals surface area contributed by atoms with Crippen LogP contribution in [0.15, 0.2) is 77.1 Å². The summed E-state index contributed by atoms with van der Waals surface area (Å²) in [5.74, 6) is 0.599. The molecule has 166 valence electrons. The summed E-state index contributed by atoms with van der Waals surface area (Å²) in [7, 11) is 1.61. The van der Waals surface area contributed by atoms with Crippen molar-refractivity contribution in [2.45, 2.75) is 32.1 Å². The van der Waals surface area contributed by atoms with E-state index < -0.39 is 11.9 Å². The third-order valence-electron chi connectivity index (χ3n) is 5.77. The lowest BCUT2D eigenvalue weighted by molar-refractivity contribution is -0.140. The zero-order chi connectivity index (χ0) is 22.5. The molecule has 2 aliphatic rings. The van der Waals surface area contributed by atoms with E-state index >= 15 is 0 Å². The molecule has 0 bridgehead atoms. The number of allylic oxidation sites excluding steroid dienone is 3. The van der Waals surface area contributed by atoms with Gasteiger partial charge in [0.1, 0.15) is 24.7 Å². The molecule has 0 radical (unpaired) electrons. The van der Waals surface area contributed by atoms with Crippen molar-refractivity contribution in [1.29, 1.82) is 0 Å². The lowest BCUT2D eigenvalue weighted by Gasteiger charge is -2.34. The van der Waals surface area contributed by atoms with Gasteiger partial charge in [-0.15, -0.1) is 0 Å². The summed E-state index contributed by atoms with van der Waals surface area (Å²) in [4.78, 5) is 26.1. The first-order valence-corrected chi connectivity index (χ1v) is 10.8. The summed E-state index contributed by atoms with van der Waals surface area (Å²) in [6, 6.07) is 16.9. The summed E-state index contributed by atoms with van der Waals surface area (Å²) in [6.07, 6.45) is 2.08. The van der Waals surface area contributed by atoms with Crippen LogP contribution in [0.5, 0.6) is 11.5 Å². The van der Waals surface area contributed by atoms with Crippen LogP contribution in [0.2, 0.25) is 0 Å². The third-order valence-corrected chi connectivity index (χ3v) is 5.77. The Morgan fingerprint density at radius 2 is 1.75 bits per heavy atom. The lowest BCUT2D eigenvalue weighted by atomic mass is 9.75. The Kier molecular flexibility index (Phi) is 6.59. The minimum atomic E-state index is -0.465. The number of nitrogens with one attached hydrogen (secondary N) is 1. The number of para-hydroxylation sites is 1. The van der Waals surface area contributed by atoms with Gasteiger partial charge in [0, 0.05) is 29.3 Å². The number of carbonyl (C=O) groups excluding carboxylic acids is 2. The molecule has 1 heterocycles. The maximum atomic E-state index is 13.2. The molecule has 6 nitrogen and oxygen atoms in total. The topological polar surface area (TPSA) is 73.9 Å². The molecule has 0 saturated heterocycles. The fraction of sp³-hybridized carbons (Fsp3) is 0.308. The van der Waals surface area contributed by atoms with Gasteiger partial charge in [0.2, 0.25) is 0 Å². The van der Waals surface area contributed by atoms with Crippen molar-refractivity contribution in [2.24, 2.45) is 0 Å². The molecule has 1 N–H and O–H groups in total. The predicted molar refractivity (Wildman–Crippen MR) is 120 cm³/mol. The summed E-state index contributed by atoms with van der Waals surface area (Å²) in [6.45, 7) is 2.21. The number of hydrogen-bond donors (Lipinski definition) is 1. The number of benzene rings is 2. The SMILES string of the molecule is COc1ccc(C2C(C(=O)OCCOc3ccccc3)=C(C)NC3=C2C(=O)CCC3)cc1. The van der Waals surface area contributed by atoms with Crippen molar-refractivity contribution >= 4 is 11.8 Å². The van der Waals surface area contributed by atoms with Crippen LogP contribution in [-0.4, -0.2) is 32.1 Å². The molecule has 1 atom stereocenters. The Balaban J connectivity index is 1.56. The van der Waals surface area contributed by atoms with Gasteiger partial charge < -0.3 is 19.5 Å². The molecule has 0 saturated carbocycles. The molecular formula is C26H27NO5. The molecule has 4 rings (SSSR count). The van der Waals surface area contributed by atoms with Gasteiger partial charge in [-0.05, 0) is 49.6 Å². The molecule has 0 fully saturated rings. The fourth-order valence-electron chi connectivity index (χ4n) is 4.27. The highest BCUT2D eigenvalue weighted by Crippen LogP contribution is 2.42. The molecule has 2 aromatic rings. The molecule has 1 aliphatic heterocycles. The molecule has 32 heavy (non-hydrogen) atoms. The number of esters is 1. The van der Waals surface area contributed by atoms with Crippen molar-refractivity contribution < 1.29 is 23.8 Å². The van der Waals surface area contributed by atoms with Crippen LogP contribution in [0.1, 0.15) is 37.7 Å². The molecule has 0 amide bonds. The summed E-state index contributed by atoms with van der Waals surface area (Å²) < 4.78 is 16.5. The van der Waals surface area contributed by atoms with Crippen LogP contribution in [0.3, 0.4) is 0 Å². The number of methoxy groups -OCH3 is 1. The van der Waals surface area contributed by atoms with Crippen LogP contribution in [0, 0.1) is 0 Å². The summed E-state index contributed by atoms with van der Waals surface area (Å²) >= 11 is 0. The van der Waals surface area contributed by atoms with Gasteiger partial charge in [-0.3, -0.25) is 4.79 Å². The monoisotopic (exact) mass is 433 g/mol. The highest BCUT2D eigenvalue weighted by molar-refractivity contribution is 6.03. The number of ketones is 1. The zero-order valence-electron chi connectivity index (χ0n) is 18.4. The van der Waals surface area contributed by atoms with Crippen molar-refractivity contribution in [3.63, 3.8) is 0 Å². The minimum absolute atomic E-state index is 0.0739. The number of ether oxygens (including phenoxy) is 3. The molecule has 1 unspecified atom stereocenters. The largest absolute Gasteiger partial charge is 0.497 e. The van der Waals surface area contributed by atoms with Crippen LogP contribution in [-0.2, 0) is 14.3 Å². The maximum Gasteiger partial charge on any atom is 0.336 e. The average molecular weight is 434 g/mol. The van der Waals surface area contributed by atoms with Gasteiger partial charge in [0.05, 0.1) is 12.7 Å². The van der Waals surface area contributed by atoms with E-state index in [9.17, 15) is 9.59 Å². The van der Waals surface area contributed by atoms with E-state index in [1.165, 1.54) is 0 Å². The second-order valence-electron chi connectivity index (χ2n) is 7.84. The van der Waals surface area contributed by atoms with E-state index in [0.29, 0.717) is 23.3 Å². The highest BCUT2D eigenvalue weighted by Gasteiger charge is 2.39. The number of rotatable bonds is 7. The van der Waals surface area contributed by atoms with E-state index in [4.69, 9.17) is 14.2 Å². The standard InChI is InChI=1S/C26H27NO5/c1-17-23(26(29)32-16-15-31-20-7-4-3-5-8-20)24(18-11-13-19(30-2)14-12-18)25-21(27-17)9-6-10-22(25)28/h3-5,7-8,11-14,24,27H,6,9-10,15-16H2,1-2H3. The Hall–Kier alpha value is -3.54. The van der Waals surface area contributed by atoms with E-state index in [1.807, 2.05) is 61.5 Å². The fourth-order valence-corrected chi connectivity index (χ4v) is 4.27.